The van der Waals surface area contributed by atoms with Gasteiger partial charge in [-0.3, -0.25) is 4.90 Å². The summed E-state index contributed by atoms with van der Waals surface area (Å²) in [5, 5.41) is 10.6. The van der Waals surface area contributed by atoms with Crippen LogP contribution < -0.4 is 0 Å². The van der Waals surface area contributed by atoms with Gasteiger partial charge in [0.15, 0.2) is 0 Å². The van der Waals surface area contributed by atoms with Crippen LogP contribution in [0.1, 0.15) is 52.4 Å². The minimum Gasteiger partial charge on any atom is -0.389 e. The maximum Gasteiger partial charge on any atom is 0.0774 e. The Morgan fingerprint density at radius 3 is 2.65 bits per heavy atom. The van der Waals surface area contributed by atoms with Crippen molar-refractivity contribution in [1.82, 2.24) is 4.90 Å². The van der Waals surface area contributed by atoms with Crippen molar-refractivity contribution in [2.24, 2.45) is 0 Å². The number of rotatable bonds is 3. The van der Waals surface area contributed by atoms with Crippen LogP contribution in [0.15, 0.2) is 0 Å². The fourth-order valence-corrected chi connectivity index (χ4v) is 3.23. The molecule has 1 aliphatic heterocycles. The van der Waals surface area contributed by atoms with E-state index in [0.29, 0.717) is 12.1 Å². The summed E-state index contributed by atoms with van der Waals surface area (Å²) in [5.41, 5.74) is -0.428. The Labute approximate surface area is 105 Å². The molecule has 0 aromatic heterocycles. The summed E-state index contributed by atoms with van der Waals surface area (Å²) in [6.45, 7) is 6.99. The van der Waals surface area contributed by atoms with Gasteiger partial charge in [-0.2, -0.15) is 0 Å². The predicted octanol–water partition coefficient (Wildman–Crippen LogP) is 2.18. The first-order chi connectivity index (χ1) is 8.13. The molecule has 2 fully saturated rings. The third-order valence-corrected chi connectivity index (χ3v) is 4.33. The number of morpholine rings is 1. The Balaban J connectivity index is 1.94. The Kier molecular flexibility index (Phi) is 4.45. The van der Waals surface area contributed by atoms with Crippen LogP contribution in [-0.4, -0.2) is 47.4 Å². The van der Waals surface area contributed by atoms with Gasteiger partial charge in [-0.15, -0.1) is 0 Å². The van der Waals surface area contributed by atoms with Crippen molar-refractivity contribution in [2.45, 2.75) is 70.1 Å². The molecule has 1 saturated carbocycles. The van der Waals surface area contributed by atoms with Crippen LogP contribution in [0.5, 0.6) is 0 Å². The highest BCUT2D eigenvalue weighted by Crippen LogP contribution is 2.30. The molecule has 17 heavy (non-hydrogen) atoms. The minimum atomic E-state index is -0.428. The molecule has 0 bridgehead atoms. The highest BCUT2D eigenvalue weighted by atomic mass is 16.5. The fourth-order valence-electron chi connectivity index (χ4n) is 3.23. The van der Waals surface area contributed by atoms with E-state index in [1.54, 1.807) is 0 Å². The second-order valence-electron chi connectivity index (χ2n) is 5.92. The van der Waals surface area contributed by atoms with Crippen molar-refractivity contribution < 1.29 is 9.84 Å². The summed E-state index contributed by atoms with van der Waals surface area (Å²) < 4.78 is 5.71. The molecule has 1 aliphatic carbocycles. The first-order valence-corrected chi connectivity index (χ1v) is 7.21. The number of hydrogen-bond acceptors (Lipinski definition) is 3. The quantitative estimate of drug-likeness (QED) is 0.822. The molecule has 2 unspecified atom stereocenters. The molecule has 0 radical (unpaired) electrons. The van der Waals surface area contributed by atoms with Crippen molar-refractivity contribution in [3.8, 4) is 0 Å². The van der Waals surface area contributed by atoms with E-state index in [0.717, 1.165) is 39.0 Å². The zero-order valence-electron chi connectivity index (χ0n) is 11.3. The second-order valence-corrected chi connectivity index (χ2v) is 5.92. The molecule has 0 spiro atoms. The largest absolute Gasteiger partial charge is 0.389 e. The zero-order chi connectivity index (χ0) is 12.3. The molecule has 0 amide bonds. The molecular formula is C14H27NO2. The number of nitrogens with zero attached hydrogens (tertiary/aromatic N) is 1. The van der Waals surface area contributed by atoms with Gasteiger partial charge in [0.05, 0.1) is 18.3 Å². The number of hydrogen-bond donors (Lipinski definition) is 1. The lowest BCUT2D eigenvalue weighted by atomic mass is 9.84. The maximum absolute atomic E-state index is 10.6. The van der Waals surface area contributed by atoms with Gasteiger partial charge in [0, 0.05) is 19.1 Å². The van der Waals surface area contributed by atoms with E-state index in [-0.39, 0.29) is 0 Å². The lowest BCUT2D eigenvalue weighted by Crippen LogP contribution is -2.54. The van der Waals surface area contributed by atoms with E-state index < -0.39 is 5.60 Å². The molecule has 1 saturated heterocycles. The van der Waals surface area contributed by atoms with Gasteiger partial charge in [-0.25, -0.2) is 0 Å². The van der Waals surface area contributed by atoms with Gasteiger partial charge >= 0.3 is 0 Å². The normalized spacial score (nSPS) is 34.8. The van der Waals surface area contributed by atoms with Crippen LogP contribution in [0.4, 0.5) is 0 Å². The highest BCUT2D eigenvalue weighted by Gasteiger charge is 2.35. The monoisotopic (exact) mass is 241 g/mol. The first kappa shape index (κ1) is 13.3. The van der Waals surface area contributed by atoms with Crippen molar-refractivity contribution >= 4 is 0 Å². The smallest absolute Gasteiger partial charge is 0.0774 e. The molecule has 0 aromatic carbocycles. The zero-order valence-corrected chi connectivity index (χ0v) is 11.3. The SMILES string of the molecule is CCC1COC(C)CN1CC1(O)CCCCC1. The lowest BCUT2D eigenvalue weighted by Gasteiger charge is -2.44. The van der Waals surface area contributed by atoms with E-state index in [2.05, 4.69) is 18.7 Å². The topological polar surface area (TPSA) is 32.7 Å². The van der Waals surface area contributed by atoms with Crippen molar-refractivity contribution in [3.05, 3.63) is 0 Å². The van der Waals surface area contributed by atoms with Gasteiger partial charge in [0.1, 0.15) is 0 Å². The molecule has 2 rings (SSSR count). The maximum atomic E-state index is 10.6. The number of ether oxygens (including phenoxy) is 1. The molecule has 1 N–H and O–H groups in total. The van der Waals surface area contributed by atoms with Crippen LogP contribution in [0.25, 0.3) is 0 Å². The second kappa shape index (κ2) is 5.68. The van der Waals surface area contributed by atoms with E-state index in [4.69, 9.17) is 4.74 Å². The Bertz CT molecular complexity index is 238. The van der Waals surface area contributed by atoms with Crippen molar-refractivity contribution in [3.63, 3.8) is 0 Å². The van der Waals surface area contributed by atoms with Gasteiger partial charge in [-0.1, -0.05) is 26.2 Å². The molecule has 3 nitrogen and oxygen atoms in total. The van der Waals surface area contributed by atoms with Gasteiger partial charge in [0.25, 0.3) is 0 Å². The van der Waals surface area contributed by atoms with E-state index in [1.165, 1.54) is 19.3 Å². The first-order valence-electron chi connectivity index (χ1n) is 7.21. The molecule has 3 heteroatoms. The minimum absolute atomic E-state index is 0.310. The Hall–Kier alpha value is -0.120. The lowest BCUT2D eigenvalue weighted by molar-refractivity contribution is -0.0972. The average molecular weight is 241 g/mol. The number of aliphatic hydroxyl groups is 1. The van der Waals surface area contributed by atoms with Crippen LogP contribution >= 0.6 is 0 Å². The summed E-state index contributed by atoms with van der Waals surface area (Å²) in [5.74, 6) is 0. The third-order valence-electron chi connectivity index (χ3n) is 4.33. The van der Waals surface area contributed by atoms with Crippen molar-refractivity contribution in [2.75, 3.05) is 19.7 Å². The average Bonchev–Trinajstić information content (AvgIpc) is 2.29. The molecule has 100 valence electrons. The van der Waals surface area contributed by atoms with Crippen molar-refractivity contribution in [1.29, 1.82) is 0 Å². The van der Waals surface area contributed by atoms with Crippen LogP contribution in [0, 0.1) is 0 Å². The number of β-amino-alcohol motifs (C(OH)–C–C–N with tert-alkyl or cyclic N) is 1. The van der Waals surface area contributed by atoms with Gasteiger partial charge in [0.2, 0.25) is 0 Å². The van der Waals surface area contributed by atoms with Crippen LogP contribution in [0.2, 0.25) is 0 Å². The molecular weight excluding hydrogens is 214 g/mol. The standard InChI is InChI=1S/C14H27NO2/c1-3-13-10-17-12(2)9-15(13)11-14(16)7-5-4-6-8-14/h12-13,16H,3-11H2,1-2H3. The van der Waals surface area contributed by atoms with E-state index in [9.17, 15) is 5.11 Å². The van der Waals surface area contributed by atoms with Gasteiger partial charge < -0.3 is 9.84 Å². The molecule has 1 heterocycles. The Morgan fingerprint density at radius 2 is 2.00 bits per heavy atom. The van der Waals surface area contributed by atoms with E-state index >= 15 is 0 Å². The summed E-state index contributed by atoms with van der Waals surface area (Å²) >= 11 is 0. The summed E-state index contributed by atoms with van der Waals surface area (Å²) in [7, 11) is 0. The predicted molar refractivity (Wildman–Crippen MR) is 69.1 cm³/mol. The summed E-state index contributed by atoms with van der Waals surface area (Å²) in [6.07, 6.45) is 7.05. The Morgan fingerprint density at radius 1 is 1.29 bits per heavy atom. The van der Waals surface area contributed by atoms with Crippen LogP contribution in [0.3, 0.4) is 0 Å². The fraction of sp³-hybridized carbons (Fsp3) is 1.00. The van der Waals surface area contributed by atoms with Gasteiger partial charge in [-0.05, 0) is 26.2 Å². The molecule has 2 atom stereocenters. The summed E-state index contributed by atoms with van der Waals surface area (Å²) in [6, 6.07) is 0.497. The van der Waals surface area contributed by atoms with E-state index in [1.807, 2.05) is 0 Å². The van der Waals surface area contributed by atoms with Crippen LogP contribution in [-0.2, 0) is 4.74 Å². The molecule has 2 aliphatic rings. The highest BCUT2D eigenvalue weighted by molar-refractivity contribution is 4.89. The third kappa shape index (κ3) is 3.43. The summed E-state index contributed by atoms with van der Waals surface area (Å²) in [4.78, 5) is 2.46. The molecule has 0 aromatic rings.